The summed E-state index contributed by atoms with van der Waals surface area (Å²) in [4.78, 5) is 39.8. The smallest absolute Gasteiger partial charge is 0.248 e. The Hall–Kier alpha value is -2.61. The number of ether oxygens (including phenoxy) is 2. The minimum Gasteiger partial charge on any atom is -0.491 e. The van der Waals surface area contributed by atoms with Crippen LogP contribution in [0.2, 0.25) is 0 Å². The normalized spacial score (nSPS) is 22.6. The van der Waals surface area contributed by atoms with Crippen molar-refractivity contribution in [1.82, 2.24) is 15.5 Å². The number of fused-ring (bicyclic) bond motifs is 1. The molecule has 1 aromatic carbocycles. The van der Waals surface area contributed by atoms with E-state index < -0.39 is 11.5 Å². The SMILES string of the molecule is COCC(=O)N1CCC2(CCCCc3ccccc3OCCNC(=O)[C@H](C)NC2=O)CC1. The van der Waals surface area contributed by atoms with E-state index >= 15 is 0 Å². The Morgan fingerprint density at radius 1 is 1.19 bits per heavy atom. The average molecular weight is 446 g/mol. The number of hydrogen-bond acceptors (Lipinski definition) is 5. The van der Waals surface area contributed by atoms with Crippen LogP contribution in [0.25, 0.3) is 0 Å². The predicted octanol–water partition coefficient (Wildman–Crippen LogP) is 1.67. The fraction of sp³-hybridized carbons (Fsp3) is 0.625. The highest BCUT2D eigenvalue weighted by Crippen LogP contribution is 2.37. The second-order valence-corrected chi connectivity index (χ2v) is 8.74. The predicted molar refractivity (Wildman–Crippen MR) is 120 cm³/mol. The molecule has 1 spiro atoms. The molecule has 1 atom stereocenters. The number of carbonyl (C=O) groups is 3. The molecule has 2 N–H and O–H groups in total. The van der Waals surface area contributed by atoms with Crippen molar-refractivity contribution in [1.29, 1.82) is 0 Å². The zero-order valence-electron chi connectivity index (χ0n) is 19.2. The third-order valence-corrected chi connectivity index (χ3v) is 6.55. The Kier molecular flexibility index (Phi) is 8.50. The number of benzene rings is 1. The van der Waals surface area contributed by atoms with E-state index in [1.54, 1.807) is 11.8 Å². The Bertz CT molecular complexity index is 805. The minimum atomic E-state index is -0.634. The van der Waals surface area contributed by atoms with Gasteiger partial charge in [0.25, 0.3) is 0 Å². The molecule has 0 radical (unpaired) electrons. The molecule has 0 bridgehead atoms. The van der Waals surface area contributed by atoms with E-state index in [4.69, 9.17) is 9.47 Å². The molecular weight excluding hydrogens is 410 g/mol. The summed E-state index contributed by atoms with van der Waals surface area (Å²) >= 11 is 0. The van der Waals surface area contributed by atoms with Crippen LogP contribution >= 0.6 is 0 Å². The number of rotatable bonds is 2. The van der Waals surface area contributed by atoms with Gasteiger partial charge in [-0.1, -0.05) is 24.6 Å². The zero-order valence-corrected chi connectivity index (χ0v) is 19.2. The van der Waals surface area contributed by atoms with Gasteiger partial charge in [0.15, 0.2) is 0 Å². The van der Waals surface area contributed by atoms with Crippen molar-refractivity contribution >= 4 is 17.7 Å². The number of nitrogens with zero attached hydrogens (tertiary/aromatic N) is 1. The highest BCUT2D eigenvalue weighted by molar-refractivity contribution is 5.90. The number of hydrogen-bond donors (Lipinski definition) is 2. The summed E-state index contributed by atoms with van der Waals surface area (Å²) in [5.74, 6) is 0.473. The van der Waals surface area contributed by atoms with Crippen molar-refractivity contribution in [2.75, 3.05) is 40.0 Å². The molecule has 2 heterocycles. The quantitative estimate of drug-likeness (QED) is 0.722. The van der Waals surface area contributed by atoms with Gasteiger partial charge in [-0.2, -0.15) is 0 Å². The molecule has 3 rings (SSSR count). The van der Waals surface area contributed by atoms with Gasteiger partial charge >= 0.3 is 0 Å². The first-order chi connectivity index (χ1) is 15.4. The molecule has 176 valence electrons. The van der Waals surface area contributed by atoms with Crippen molar-refractivity contribution < 1.29 is 23.9 Å². The Morgan fingerprint density at radius 2 is 1.94 bits per heavy atom. The molecule has 3 amide bonds. The van der Waals surface area contributed by atoms with Crippen molar-refractivity contribution in [3.8, 4) is 5.75 Å². The standard InChI is InChI=1S/C24H35N3O5/c1-18-22(29)25-13-16-32-20-9-4-3-7-19(20)8-5-6-10-24(23(30)26-18)11-14-27(15-12-24)21(28)17-31-2/h3-4,7,9,18H,5-6,8,10-17H2,1-2H3,(H,25,29)(H,26,30)/t18-/m0/s1. The topological polar surface area (TPSA) is 97.0 Å². The van der Waals surface area contributed by atoms with Crippen LogP contribution in [0.1, 0.15) is 44.6 Å². The van der Waals surface area contributed by atoms with Gasteiger partial charge in [-0.15, -0.1) is 0 Å². The Labute approximate surface area is 190 Å². The zero-order chi connectivity index (χ0) is 23.0. The first-order valence-electron chi connectivity index (χ1n) is 11.5. The molecule has 0 saturated carbocycles. The average Bonchev–Trinajstić information content (AvgIpc) is 2.80. The van der Waals surface area contributed by atoms with E-state index in [0.29, 0.717) is 39.1 Å². The van der Waals surface area contributed by atoms with Gasteiger partial charge in [0, 0.05) is 20.2 Å². The Morgan fingerprint density at radius 3 is 2.69 bits per heavy atom. The van der Waals surface area contributed by atoms with Crippen molar-refractivity contribution in [2.24, 2.45) is 5.41 Å². The molecule has 8 heteroatoms. The first kappa shape index (κ1) is 24.0. The van der Waals surface area contributed by atoms with Crippen molar-refractivity contribution in [2.45, 2.75) is 51.5 Å². The van der Waals surface area contributed by atoms with Crippen LogP contribution in [0, 0.1) is 5.41 Å². The van der Waals surface area contributed by atoms with E-state index in [1.165, 1.54) is 7.11 Å². The highest BCUT2D eigenvalue weighted by Gasteiger charge is 2.42. The van der Waals surface area contributed by atoms with Crippen LogP contribution in [0.5, 0.6) is 5.75 Å². The van der Waals surface area contributed by atoms with Gasteiger partial charge in [0.1, 0.15) is 25.0 Å². The van der Waals surface area contributed by atoms with E-state index in [-0.39, 0.29) is 24.3 Å². The maximum absolute atomic E-state index is 13.3. The first-order valence-corrected chi connectivity index (χ1v) is 11.5. The van der Waals surface area contributed by atoms with Gasteiger partial charge in [-0.05, 0) is 50.7 Å². The van der Waals surface area contributed by atoms with Gasteiger partial charge < -0.3 is 25.0 Å². The van der Waals surface area contributed by atoms with Gasteiger partial charge in [0.2, 0.25) is 17.7 Å². The number of nitrogens with one attached hydrogen (secondary N) is 2. The fourth-order valence-corrected chi connectivity index (χ4v) is 4.52. The fourth-order valence-electron chi connectivity index (χ4n) is 4.52. The molecule has 8 nitrogen and oxygen atoms in total. The molecule has 1 fully saturated rings. The van der Waals surface area contributed by atoms with Crippen LogP contribution in [-0.2, 0) is 25.5 Å². The molecular formula is C24H35N3O5. The van der Waals surface area contributed by atoms with Crippen LogP contribution < -0.4 is 15.4 Å². The van der Waals surface area contributed by atoms with Crippen LogP contribution in [0.15, 0.2) is 24.3 Å². The number of aryl methyl sites for hydroxylation is 1. The monoisotopic (exact) mass is 445 g/mol. The van der Waals surface area contributed by atoms with E-state index in [0.717, 1.165) is 37.0 Å². The molecule has 1 saturated heterocycles. The van der Waals surface area contributed by atoms with Crippen molar-refractivity contribution in [3.63, 3.8) is 0 Å². The summed E-state index contributed by atoms with van der Waals surface area (Å²) in [6.45, 7) is 3.54. The third kappa shape index (κ3) is 6.00. The van der Waals surface area contributed by atoms with Gasteiger partial charge in [-0.25, -0.2) is 0 Å². The van der Waals surface area contributed by atoms with Gasteiger partial charge in [-0.3, -0.25) is 14.4 Å². The molecule has 0 aliphatic carbocycles. The molecule has 2 aliphatic rings. The highest BCUT2D eigenvalue weighted by atomic mass is 16.5. The van der Waals surface area contributed by atoms with E-state index in [2.05, 4.69) is 16.7 Å². The molecule has 0 unspecified atom stereocenters. The lowest BCUT2D eigenvalue weighted by Gasteiger charge is -2.41. The van der Waals surface area contributed by atoms with E-state index in [9.17, 15) is 14.4 Å². The maximum atomic E-state index is 13.3. The Balaban J connectivity index is 1.74. The largest absolute Gasteiger partial charge is 0.491 e. The minimum absolute atomic E-state index is 0.0516. The summed E-state index contributed by atoms with van der Waals surface area (Å²) in [5, 5.41) is 5.76. The number of para-hydroxylation sites is 1. The summed E-state index contributed by atoms with van der Waals surface area (Å²) < 4.78 is 10.9. The van der Waals surface area contributed by atoms with E-state index in [1.807, 2.05) is 18.2 Å². The van der Waals surface area contributed by atoms with Gasteiger partial charge in [0.05, 0.1) is 12.0 Å². The number of piperidine rings is 1. The summed E-state index contributed by atoms with van der Waals surface area (Å²) in [6, 6.07) is 7.34. The lowest BCUT2D eigenvalue weighted by molar-refractivity contribution is -0.144. The summed E-state index contributed by atoms with van der Waals surface area (Å²) in [6.07, 6.45) is 4.59. The lowest BCUT2D eigenvalue weighted by atomic mass is 9.73. The molecule has 0 aromatic heterocycles. The van der Waals surface area contributed by atoms with Crippen LogP contribution in [-0.4, -0.2) is 68.6 Å². The van der Waals surface area contributed by atoms with Crippen LogP contribution in [0.3, 0.4) is 0 Å². The molecule has 1 aromatic rings. The number of carbonyl (C=O) groups excluding carboxylic acids is 3. The summed E-state index contributed by atoms with van der Waals surface area (Å²) in [5.41, 5.74) is 0.565. The van der Waals surface area contributed by atoms with Crippen LogP contribution in [0.4, 0.5) is 0 Å². The number of methoxy groups -OCH3 is 1. The molecule has 32 heavy (non-hydrogen) atoms. The lowest BCUT2D eigenvalue weighted by Crippen LogP contribution is -2.54. The van der Waals surface area contributed by atoms with Crippen molar-refractivity contribution in [3.05, 3.63) is 29.8 Å². The number of amides is 3. The molecule has 2 aliphatic heterocycles. The second-order valence-electron chi connectivity index (χ2n) is 8.74. The number of likely N-dealkylation sites (tertiary alicyclic amines) is 1. The maximum Gasteiger partial charge on any atom is 0.248 e. The second kappa shape index (κ2) is 11.3. The summed E-state index contributed by atoms with van der Waals surface area (Å²) in [7, 11) is 1.51. The third-order valence-electron chi connectivity index (χ3n) is 6.55.